The molecule has 6 nitrogen and oxygen atoms in total. The van der Waals surface area contributed by atoms with Gasteiger partial charge in [0.1, 0.15) is 0 Å². The molecule has 2 N–H and O–H groups in total. The number of nitriles is 1. The second kappa shape index (κ2) is 7.99. The van der Waals surface area contributed by atoms with E-state index in [2.05, 4.69) is 11.4 Å². The predicted molar refractivity (Wildman–Crippen MR) is 85.6 cm³/mol. The van der Waals surface area contributed by atoms with Gasteiger partial charge in [0.2, 0.25) is 0 Å². The summed E-state index contributed by atoms with van der Waals surface area (Å²) in [5, 5.41) is 20.1. The molecule has 0 fully saturated rings. The third-order valence-electron chi connectivity index (χ3n) is 3.72. The molecule has 0 bridgehead atoms. The van der Waals surface area contributed by atoms with Gasteiger partial charge in [-0.2, -0.15) is 5.26 Å². The zero-order valence-corrected chi connectivity index (χ0v) is 12.8. The topological polar surface area (TPSA) is 93.4 Å². The summed E-state index contributed by atoms with van der Waals surface area (Å²) >= 11 is 0. The Hall–Kier alpha value is -2.81. The number of amides is 2. The van der Waals surface area contributed by atoms with Crippen molar-refractivity contribution in [2.24, 2.45) is 0 Å². The molecular weight excluding hydrogens is 294 g/mol. The van der Waals surface area contributed by atoms with Crippen LogP contribution in [0, 0.1) is 11.3 Å². The Kier molecular flexibility index (Phi) is 5.75. The summed E-state index contributed by atoms with van der Waals surface area (Å²) in [5.41, 5.74) is 2.88. The first-order valence-corrected chi connectivity index (χ1v) is 7.54. The molecule has 6 heteroatoms. The first-order valence-electron chi connectivity index (χ1n) is 7.54. The maximum atomic E-state index is 12.0. The highest BCUT2D eigenvalue weighted by molar-refractivity contribution is 5.76. The maximum absolute atomic E-state index is 12.0. The fourth-order valence-electron chi connectivity index (χ4n) is 2.42. The van der Waals surface area contributed by atoms with Crippen LogP contribution in [0.2, 0.25) is 0 Å². The monoisotopic (exact) mass is 313 g/mol. The molecule has 0 radical (unpaired) electrons. The van der Waals surface area contributed by atoms with Crippen molar-refractivity contribution in [1.82, 2.24) is 10.2 Å². The van der Waals surface area contributed by atoms with E-state index in [1.165, 1.54) is 5.57 Å². The summed E-state index contributed by atoms with van der Waals surface area (Å²) in [6, 6.07) is 9.36. The average molecular weight is 313 g/mol. The number of carbonyl (C=O) groups is 2. The van der Waals surface area contributed by atoms with Crippen LogP contribution in [0.5, 0.6) is 0 Å². The number of hydrogen-bond donors (Lipinski definition) is 2. The fraction of sp³-hybridized carbons (Fsp3) is 0.353. The van der Waals surface area contributed by atoms with Crippen molar-refractivity contribution in [3.63, 3.8) is 0 Å². The Morgan fingerprint density at radius 1 is 1.30 bits per heavy atom. The Morgan fingerprint density at radius 2 is 2.04 bits per heavy atom. The molecule has 120 valence electrons. The van der Waals surface area contributed by atoms with E-state index < -0.39 is 5.97 Å². The molecule has 1 aliphatic heterocycles. The molecule has 0 saturated carbocycles. The zero-order chi connectivity index (χ0) is 16.7. The van der Waals surface area contributed by atoms with Crippen molar-refractivity contribution in [3.05, 3.63) is 41.5 Å². The van der Waals surface area contributed by atoms with Gasteiger partial charge in [-0.05, 0) is 36.1 Å². The predicted octanol–water partition coefficient (Wildman–Crippen LogP) is 2.22. The minimum atomic E-state index is -0.854. The van der Waals surface area contributed by atoms with Gasteiger partial charge in [-0.3, -0.25) is 4.79 Å². The van der Waals surface area contributed by atoms with Crippen molar-refractivity contribution < 1.29 is 14.7 Å². The molecule has 0 unspecified atom stereocenters. The van der Waals surface area contributed by atoms with Crippen molar-refractivity contribution in [2.45, 2.75) is 19.3 Å². The van der Waals surface area contributed by atoms with Gasteiger partial charge in [0.25, 0.3) is 0 Å². The van der Waals surface area contributed by atoms with E-state index in [4.69, 9.17) is 10.4 Å². The van der Waals surface area contributed by atoms with Gasteiger partial charge >= 0.3 is 12.0 Å². The van der Waals surface area contributed by atoms with E-state index in [0.717, 1.165) is 12.0 Å². The molecule has 1 aromatic carbocycles. The van der Waals surface area contributed by atoms with Crippen LogP contribution in [0.3, 0.4) is 0 Å². The molecule has 0 aliphatic carbocycles. The number of nitrogens with one attached hydrogen (secondary N) is 1. The Morgan fingerprint density at radius 3 is 2.61 bits per heavy atom. The van der Waals surface area contributed by atoms with Gasteiger partial charge in [0.15, 0.2) is 0 Å². The number of carboxylic acids is 1. The van der Waals surface area contributed by atoms with E-state index in [1.807, 2.05) is 18.2 Å². The van der Waals surface area contributed by atoms with Crippen LogP contribution >= 0.6 is 0 Å². The summed E-state index contributed by atoms with van der Waals surface area (Å²) in [5.74, 6) is -0.854. The Labute approximate surface area is 135 Å². The van der Waals surface area contributed by atoms with Crippen LogP contribution in [0.15, 0.2) is 30.3 Å². The van der Waals surface area contributed by atoms with Crippen molar-refractivity contribution in [2.75, 3.05) is 19.6 Å². The summed E-state index contributed by atoms with van der Waals surface area (Å²) in [6.07, 6.45) is 3.26. The minimum absolute atomic E-state index is 0.0586. The third-order valence-corrected chi connectivity index (χ3v) is 3.72. The van der Waals surface area contributed by atoms with E-state index in [9.17, 15) is 9.59 Å². The Balaban J connectivity index is 1.83. The molecule has 0 spiro atoms. The molecule has 1 aromatic rings. The van der Waals surface area contributed by atoms with Crippen LogP contribution in [0.25, 0.3) is 5.57 Å². The Bertz CT molecular complexity index is 644. The molecular formula is C17H19N3O3. The van der Waals surface area contributed by atoms with E-state index in [0.29, 0.717) is 31.6 Å². The number of carboxylic acid groups (broad SMARTS) is 1. The van der Waals surface area contributed by atoms with Gasteiger partial charge in [0.05, 0.1) is 11.6 Å². The lowest BCUT2D eigenvalue weighted by Gasteiger charge is -2.27. The smallest absolute Gasteiger partial charge is 0.317 e. The number of nitrogens with zero attached hydrogens (tertiary/aromatic N) is 2. The van der Waals surface area contributed by atoms with Crippen LogP contribution in [0.4, 0.5) is 4.79 Å². The largest absolute Gasteiger partial charge is 0.481 e. The number of rotatable bonds is 5. The second-order valence-corrected chi connectivity index (χ2v) is 5.34. The van der Waals surface area contributed by atoms with Crippen molar-refractivity contribution in [3.8, 4) is 6.07 Å². The summed E-state index contributed by atoms with van der Waals surface area (Å²) in [7, 11) is 0. The second-order valence-electron chi connectivity index (χ2n) is 5.34. The quantitative estimate of drug-likeness (QED) is 0.815. The fourth-order valence-corrected chi connectivity index (χ4v) is 2.42. The summed E-state index contributed by atoms with van der Waals surface area (Å²) in [6.45, 7) is 1.52. The molecule has 2 amide bonds. The third kappa shape index (κ3) is 4.85. The van der Waals surface area contributed by atoms with Gasteiger partial charge in [-0.15, -0.1) is 0 Å². The molecule has 2 rings (SSSR count). The van der Waals surface area contributed by atoms with Gasteiger partial charge in [0, 0.05) is 26.1 Å². The lowest BCUT2D eigenvalue weighted by Crippen LogP contribution is -2.42. The molecule has 0 atom stereocenters. The van der Waals surface area contributed by atoms with E-state index in [1.54, 1.807) is 17.0 Å². The maximum Gasteiger partial charge on any atom is 0.317 e. The average Bonchev–Trinajstić information content (AvgIpc) is 2.58. The summed E-state index contributed by atoms with van der Waals surface area (Å²) < 4.78 is 0. The van der Waals surface area contributed by atoms with Crippen LogP contribution in [0.1, 0.15) is 30.4 Å². The first-order chi connectivity index (χ1) is 11.1. The van der Waals surface area contributed by atoms with Gasteiger partial charge in [-0.1, -0.05) is 18.2 Å². The molecule has 1 heterocycles. The van der Waals surface area contributed by atoms with Crippen molar-refractivity contribution in [1.29, 1.82) is 5.26 Å². The standard InChI is InChI=1S/C17H19N3O3/c18-12-13-3-5-14(6-4-13)15-7-10-20(11-8-15)17(23)19-9-1-2-16(21)22/h3-7H,1-2,8-11H2,(H,19,23)(H,21,22). The zero-order valence-electron chi connectivity index (χ0n) is 12.8. The molecule has 0 aromatic heterocycles. The highest BCUT2D eigenvalue weighted by Crippen LogP contribution is 2.22. The highest BCUT2D eigenvalue weighted by atomic mass is 16.4. The number of benzene rings is 1. The van der Waals surface area contributed by atoms with E-state index in [-0.39, 0.29) is 12.5 Å². The molecule has 1 aliphatic rings. The first kappa shape index (κ1) is 16.6. The summed E-state index contributed by atoms with van der Waals surface area (Å²) in [4.78, 5) is 24.1. The highest BCUT2D eigenvalue weighted by Gasteiger charge is 2.17. The van der Waals surface area contributed by atoms with Gasteiger partial charge < -0.3 is 15.3 Å². The molecule has 0 saturated heterocycles. The minimum Gasteiger partial charge on any atom is -0.481 e. The molecule has 23 heavy (non-hydrogen) atoms. The SMILES string of the molecule is N#Cc1ccc(C2=CCN(C(=O)NCCCC(=O)O)CC2)cc1. The van der Waals surface area contributed by atoms with Crippen LogP contribution < -0.4 is 5.32 Å². The lowest BCUT2D eigenvalue weighted by atomic mass is 9.99. The normalized spacial score (nSPS) is 13.9. The van der Waals surface area contributed by atoms with Crippen molar-refractivity contribution >= 4 is 17.6 Å². The number of urea groups is 1. The van der Waals surface area contributed by atoms with Crippen LogP contribution in [-0.2, 0) is 4.79 Å². The van der Waals surface area contributed by atoms with Crippen LogP contribution in [-0.4, -0.2) is 41.6 Å². The number of aliphatic carboxylic acids is 1. The van der Waals surface area contributed by atoms with E-state index >= 15 is 0 Å². The number of carbonyl (C=O) groups excluding carboxylic acids is 1. The number of hydrogen-bond acceptors (Lipinski definition) is 3. The van der Waals surface area contributed by atoms with Gasteiger partial charge in [-0.25, -0.2) is 4.79 Å². The lowest BCUT2D eigenvalue weighted by molar-refractivity contribution is -0.137.